The maximum absolute atomic E-state index is 9.55. The molecule has 1 N–H and O–H groups in total. The van der Waals surface area contributed by atoms with Crippen LogP contribution in [-0.4, -0.2) is 59.8 Å². The van der Waals surface area contributed by atoms with Crippen LogP contribution in [0.3, 0.4) is 0 Å². The van der Waals surface area contributed by atoms with Gasteiger partial charge in [0.05, 0.1) is 6.10 Å². The fourth-order valence-electron chi connectivity index (χ4n) is 3.18. The van der Waals surface area contributed by atoms with Crippen molar-refractivity contribution in [3.8, 4) is 0 Å². The first-order chi connectivity index (χ1) is 8.29. The lowest BCUT2D eigenvalue weighted by atomic mass is 9.99. The van der Waals surface area contributed by atoms with Crippen LogP contribution in [0, 0.1) is 0 Å². The quantitative estimate of drug-likeness (QED) is 0.792. The molecule has 3 nitrogen and oxygen atoms in total. The van der Waals surface area contributed by atoms with Gasteiger partial charge < -0.3 is 10.0 Å². The number of hydrogen-bond acceptors (Lipinski definition) is 3. The molecular weight excluding hydrogens is 212 g/mol. The van der Waals surface area contributed by atoms with E-state index in [-0.39, 0.29) is 6.10 Å². The van der Waals surface area contributed by atoms with E-state index in [2.05, 4.69) is 16.7 Å². The molecule has 0 amide bonds. The summed E-state index contributed by atoms with van der Waals surface area (Å²) in [5.41, 5.74) is 0. The Morgan fingerprint density at radius 1 is 1.24 bits per heavy atom. The summed E-state index contributed by atoms with van der Waals surface area (Å²) in [5.74, 6) is 0. The summed E-state index contributed by atoms with van der Waals surface area (Å²) in [5, 5.41) is 9.55. The third-order valence-corrected chi connectivity index (χ3v) is 4.40. The standard InChI is InChI=1S/C14H28N2O/c1-2-14(17)7-5-8-15-10-11-16-9-4-3-6-13(16)12-15/h13-14,17H,2-12H2,1H3. The minimum atomic E-state index is -0.0778. The smallest absolute Gasteiger partial charge is 0.0538 e. The summed E-state index contributed by atoms with van der Waals surface area (Å²) in [4.78, 5) is 5.29. The van der Waals surface area contributed by atoms with Crippen molar-refractivity contribution in [1.82, 2.24) is 9.80 Å². The molecule has 2 aliphatic heterocycles. The first kappa shape index (κ1) is 13.3. The van der Waals surface area contributed by atoms with Gasteiger partial charge in [-0.15, -0.1) is 0 Å². The molecule has 2 rings (SSSR count). The second kappa shape index (κ2) is 6.72. The number of hydrogen-bond donors (Lipinski definition) is 1. The van der Waals surface area contributed by atoms with Gasteiger partial charge in [0, 0.05) is 25.7 Å². The monoisotopic (exact) mass is 240 g/mol. The van der Waals surface area contributed by atoms with Crippen LogP contribution in [-0.2, 0) is 0 Å². The van der Waals surface area contributed by atoms with Crippen molar-refractivity contribution in [2.45, 2.75) is 57.6 Å². The highest BCUT2D eigenvalue weighted by Gasteiger charge is 2.28. The van der Waals surface area contributed by atoms with Gasteiger partial charge in [0.1, 0.15) is 0 Å². The second-order valence-electron chi connectivity index (χ2n) is 5.69. The van der Waals surface area contributed by atoms with Crippen molar-refractivity contribution in [2.75, 3.05) is 32.7 Å². The zero-order chi connectivity index (χ0) is 12.1. The van der Waals surface area contributed by atoms with Crippen LogP contribution in [0.4, 0.5) is 0 Å². The Morgan fingerprint density at radius 2 is 2.12 bits per heavy atom. The zero-order valence-electron chi connectivity index (χ0n) is 11.3. The third-order valence-electron chi connectivity index (χ3n) is 4.40. The maximum Gasteiger partial charge on any atom is 0.0538 e. The van der Waals surface area contributed by atoms with E-state index in [1.165, 1.54) is 52.0 Å². The van der Waals surface area contributed by atoms with Crippen LogP contribution in [0.1, 0.15) is 45.4 Å². The molecule has 2 fully saturated rings. The highest BCUT2D eigenvalue weighted by atomic mass is 16.3. The predicted molar refractivity (Wildman–Crippen MR) is 71.2 cm³/mol. The van der Waals surface area contributed by atoms with Gasteiger partial charge in [-0.3, -0.25) is 4.90 Å². The van der Waals surface area contributed by atoms with Gasteiger partial charge in [0.15, 0.2) is 0 Å². The summed E-state index contributed by atoms with van der Waals surface area (Å²) >= 11 is 0. The Morgan fingerprint density at radius 3 is 2.94 bits per heavy atom. The largest absolute Gasteiger partial charge is 0.393 e. The average molecular weight is 240 g/mol. The highest BCUT2D eigenvalue weighted by Crippen LogP contribution is 2.21. The lowest BCUT2D eigenvalue weighted by Gasteiger charge is -2.44. The summed E-state index contributed by atoms with van der Waals surface area (Å²) in [6.45, 7) is 8.34. The number of aliphatic hydroxyl groups is 1. The van der Waals surface area contributed by atoms with Crippen molar-refractivity contribution in [3.63, 3.8) is 0 Å². The second-order valence-corrected chi connectivity index (χ2v) is 5.69. The molecule has 0 radical (unpaired) electrons. The molecule has 2 atom stereocenters. The fraction of sp³-hybridized carbons (Fsp3) is 1.00. The van der Waals surface area contributed by atoms with Crippen LogP contribution in [0.25, 0.3) is 0 Å². The van der Waals surface area contributed by atoms with Crippen molar-refractivity contribution in [1.29, 1.82) is 0 Å². The molecule has 0 bridgehead atoms. The van der Waals surface area contributed by atoms with E-state index in [1.54, 1.807) is 0 Å². The number of nitrogens with zero attached hydrogens (tertiary/aromatic N) is 2. The summed E-state index contributed by atoms with van der Waals surface area (Å²) in [6, 6.07) is 0.827. The number of rotatable bonds is 5. The third kappa shape index (κ3) is 3.94. The van der Waals surface area contributed by atoms with E-state index in [4.69, 9.17) is 0 Å². The molecular formula is C14H28N2O. The Hall–Kier alpha value is -0.120. The van der Waals surface area contributed by atoms with Crippen LogP contribution in [0.15, 0.2) is 0 Å². The van der Waals surface area contributed by atoms with E-state index in [9.17, 15) is 5.11 Å². The Kier molecular flexibility index (Phi) is 5.26. The number of piperazine rings is 1. The lowest BCUT2D eigenvalue weighted by molar-refractivity contribution is 0.0463. The van der Waals surface area contributed by atoms with Gasteiger partial charge in [0.25, 0.3) is 0 Å². The van der Waals surface area contributed by atoms with E-state index in [0.717, 1.165) is 25.3 Å². The van der Waals surface area contributed by atoms with Gasteiger partial charge in [-0.2, -0.15) is 0 Å². The van der Waals surface area contributed by atoms with Crippen molar-refractivity contribution < 1.29 is 5.11 Å². The lowest BCUT2D eigenvalue weighted by Crippen LogP contribution is -2.54. The first-order valence-corrected chi connectivity index (χ1v) is 7.44. The number of fused-ring (bicyclic) bond motifs is 1. The van der Waals surface area contributed by atoms with Crippen LogP contribution in [0.5, 0.6) is 0 Å². The highest BCUT2D eigenvalue weighted by molar-refractivity contribution is 4.84. The molecule has 2 heterocycles. The van der Waals surface area contributed by atoms with Crippen LogP contribution in [0.2, 0.25) is 0 Å². The SMILES string of the molecule is CCC(O)CCCN1CCN2CCCCC2C1. The minimum Gasteiger partial charge on any atom is -0.393 e. The molecule has 0 aliphatic carbocycles. The zero-order valence-corrected chi connectivity index (χ0v) is 11.3. The van der Waals surface area contributed by atoms with Crippen LogP contribution < -0.4 is 0 Å². The summed E-state index contributed by atoms with van der Waals surface area (Å²) < 4.78 is 0. The fourth-order valence-corrected chi connectivity index (χ4v) is 3.18. The molecule has 0 aromatic carbocycles. The molecule has 3 heteroatoms. The Labute approximate surface area is 106 Å². The number of aliphatic hydroxyl groups excluding tert-OH is 1. The molecule has 17 heavy (non-hydrogen) atoms. The van der Waals surface area contributed by atoms with E-state index >= 15 is 0 Å². The topological polar surface area (TPSA) is 26.7 Å². The normalized spacial score (nSPS) is 28.9. The van der Waals surface area contributed by atoms with E-state index in [1.807, 2.05) is 0 Å². The van der Waals surface area contributed by atoms with Gasteiger partial charge >= 0.3 is 0 Å². The van der Waals surface area contributed by atoms with E-state index in [0.29, 0.717) is 0 Å². The summed E-state index contributed by atoms with van der Waals surface area (Å²) in [7, 11) is 0. The molecule has 0 spiro atoms. The molecule has 100 valence electrons. The van der Waals surface area contributed by atoms with Gasteiger partial charge in [0.2, 0.25) is 0 Å². The Balaban J connectivity index is 1.65. The minimum absolute atomic E-state index is 0.0778. The molecule has 0 saturated carbocycles. The van der Waals surface area contributed by atoms with Gasteiger partial charge in [-0.1, -0.05) is 13.3 Å². The van der Waals surface area contributed by atoms with Crippen molar-refractivity contribution in [3.05, 3.63) is 0 Å². The van der Waals surface area contributed by atoms with Crippen molar-refractivity contribution >= 4 is 0 Å². The molecule has 2 aliphatic rings. The molecule has 2 saturated heterocycles. The van der Waals surface area contributed by atoms with Gasteiger partial charge in [-0.05, 0) is 45.2 Å². The predicted octanol–water partition coefficient (Wildman–Crippen LogP) is 1.71. The average Bonchev–Trinajstić information content (AvgIpc) is 2.38. The Bertz CT molecular complexity index is 222. The molecule has 0 aromatic rings. The number of piperidine rings is 1. The summed E-state index contributed by atoms with van der Waals surface area (Å²) in [6.07, 6.45) is 7.17. The van der Waals surface area contributed by atoms with Crippen LogP contribution >= 0.6 is 0 Å². The maximum atomic E-state index is 9.55. The molecule has 2 unspecified atom stereocenters. The molecule has 0 aromatic heterocycles. The van der Waals surface area contributed by atoms with Gasteiger partial charge in [-0.25, -0.2) is 0 Å². The first-order valence-electron chi connectivity index (χ1n) is 7.44. The van der Waals surface area contributed by atoms with Crippen molar-refractivity contribution in [2.24, 2.45) is 0 Å². The van der Waals surface area contributed by atoms with E-state index < -0.39 is 0 Å².